The van der Waals surface area contributed by atoms with Crippen molar-refractivity contribution in [2.45, 2.75) is 32.0 Å². The lowest BCUT2D eigenvalue weighted by molar-refractivity contribution is -0.136. The third-order valence-corrected chi connectivity index (χ3v) is 3.87. The lowest BCUT2D eigenvalue weighted by atomic mass is 10.1. The number of hydrogen-bond donors (Lipinski definition) is 2. The lowest BCUT2D eigenvalue weighted by Crippen LogP contribution is -2.19. The molecule has 1 aromatic carbocycles. The summed E-state index contributed by atoms with van der Waals surface area (Å²) in [6.07, 6.45) is -2.28. The first-order chi connectivity index (χ1) is 11.9. The Morgan fingerprint density at radius 3 is 2.68 bits per heavy atom. The fourth-order valence-corrected chi connectivity index (χ4v) is 2.72. The quantitative estimate of drug-likeness (QED) is 0.847. The highest BCUT2D eigenvalue weighted by Gasteiger charge is 2.33. The lowest BCUT2D eigenvalue weighted by Gasteiger charge is -2.15. The number of nitrogens with zero attached hydrogens (tertiary/aromatic N) is 2. The number of para-hydroxylation sites is 1. The van der Waals surface area contributed by atoms with Crippen LogP contribution in [-0.4, -0.2) is 29.2 Å². The third-order valence-electron chi connectivity index (χ3n) is 3.87. The number of anilines is 3. The summed E-state index contributed by atoms with van der Waals surface area (Å²) in [5, 5.41) is 5.91. The van der Waals surface area contributed by atoms with E-state index in [1.165, 1.54) is 12.1 Å². The largest absolute Gasteiger partial charge is 0.418 e. The van der Waals surface area contributed by atoms with Gasteiger partial charge >= 0.3 is 6.18 Å². The minimum atomic E-state index is -4.44. The van der Waals surface area contributed by atoms with Crippen LogP contribution in [0.4, 0.5) is 30.5 Å². The Bertz CT molecular complexity index is 730. The Balaban J connectivity index is 1.76. The number of benzene rings is 1. The third kappa shape index (κ3) is 4.60. The molecule has 8 heteroatoms. The van der Waals surface area contributed by atoms with Gasteiger partial charge in [-0.15, -0.1) is 0 Å². The molecule has 5 nitrogen and oxygen atoms in total. The first-order valence-electron chi connectivity index (χ1n) is 8.06. The van der Waals surface area contributed by atoms with E-state index in [-0.39, 0.29) is 11.8 Å². The summed E-state index contributed by atoms with van der Waals surface area (Å²) >= 11 is 0. The van der Waals surface area contributed by atoms with Gasteiger partial charge in [0, 0.05) is 19.2 Å². The molecule has 1 aliphatic rings. The molecule has 1 saturated heterocycles. The van der Waals surface area contributed by atoms with Crippen molar-refractivity contribution in [1.82, 2.24) is 9.97 Å². The van der Waals surface area contributed by atoms with Crippen molar-refractivity contribution in [1.29, 1.82) is 0 Å². The van der Waals surface area contributed by atoms with E-state index in [1.54, 1.807) is 19.1 Å². The van der Waals surface area contributed by atoms with Crippen molar-refractivity contribution in [3.8, 4) is 0 Å². The summed E-state index contributed by atoms with van der Waals surface area (Å²) in [4.78, 5) is 8.44. The van der Waals surface area contributed by atoms with Gasteiger partial charge in [-0.2, -0.15) is 13.2 Å². The van der Waals surface area contributed by atoms with Gasteiger partial charge in [0.25, 0.3) is 0 Å². The molecule has 0 radical (unpaired) electrons. The highest BCUT2D eigenvalue weighted by atomic mass is 19.4. The van der Waals surface area contributed by atoms with E-state index >= 15 is 0 Å². The minimum Gasteiger partial charge on any atom is -0.376 e. The van der Waals surface area contributed by atoms with Gasteiger partial charge in [-0.3, -0.25) is 0 Å². The average molecular weight is 352 g/mol. The van der Waals surface area contributed by atoms with Crippen LogP contribution in [0.15, 0.2) is 30.3 Å². The summed E-state index contributed by atoms with van der Waals surface area (Å²) in [6.45, 7) is 3.06. The fourth-order valence-electron chi connectivity index (χ4n) is 2.72. The van der Waals surface area contributed by atoms with Crippen LogP contribution in [0, 0.1) is 6.92 Å². The molecule has 2 aromatic rings. The summed E-state index contributed by atoms with van der Waals surface area (Å²) in [7, 11) is 0. The van der Waals surface area contributed by atoms with Gasteiger partial charge in [-0.25, -0.2) is 9.97 Å². The Morgan fingerprint density at radius 2 is 1.96 bits per heavy atom. The molecule has 0 bridgehead atoms. The van der Waals surface area contributed by atoms with E-state index in [0.717, 1.165) is 25.5 Å². The van der Waals surface area contributed by atoms with Crippen LogP contribution < -0.4 is 10.6 Å². The van der Waals surface area contributed by atoms with Gasteiger partial charge in [-0.05, 0) is 31.9 Å². The first-order valence-corrected chi connectivity index (χ1v) is 8.06. The Hall–Kier alpha value is -2.35. The molecule has 1 aliphatic heterocycles. The highest BCUT2D eigenvalue weighted by Crippen LogP contribution is 2.35. The van der Waals surface area contributed by atoms with Gasteiger partial charge in [0.2, 0.25) is 0 Å². The van der Waals surface area contributed by atoms with Crippen molar-refractivity contribution in [3.05, 3.63) is 41.7 Å². The molecule has 0 aliphatic carbocycles. The summed E-state index contributed by atoms with van der Waals surface area (Å²) in [5.74, 6) is 1.32. The molecule has 1 unspecified atom stereocenters. The van der Waals surface area contributed by atoms with Crippen LogP contribution in [0.25, 0.3) is 0 Å². The number of nitrogens with one attached hydrogen (secondary N) is 2. The second-order valence-corrected chi connectivity index (χ2v) is 5.87. The van der Waals surface area contributed by atoms with Gasteiger partial charge in [-0.1, -0.05) is 12.1 Å². The number of halogens is 3. The molecule has 134 valence electrons. The average Bonchev–Trinajstić information content (AvgIpc) is 3.05. The van der Waals surface area contributed by atoms with E-state index < -0.39 is 11.7 Å². The van der Waals surface area contributed by atoms with Crippen molar-refractivity contribution < 1.29 is 17.9 Å². The molecule has 1 atom stereocenters. The van der Waals surface area contributed by atoms with E-state index in [2.05, 4.69) is 20.6 Å². The van der Waals surface area contributed by atoms with Crippen molar-refractivity contribution in [3.63, 3.8) is 0 Å². The Labute approximate surface area is 143 Å². The molecule has 1 aromatic heterocycles. The molecule has 25 heavy (non-hydrogen) atoms. The molecule has 0 amide bonds. The summed E-state index contributed by atoms with van der Waals surface area (Å²) < 4.78 is 44.8. The maximum Gasteiger partial charge on any atom is 0.418 e. The van der Waals surface area contributed by atoms with E-state index in [0.29, 0.717) is 24.0 Å². The SMILES string of the molecule is Cc1nc(NCC2CCCO2)cc(Nc2ccccc2C(F)(F)F)n1. The zero-order valence-electron chi connectivity index (χ0n) is 13.7. The van der Waals surface area contributed by atoms with E-state index in [9.17, 15) is 13.2 Å². The van der Waals surface area contributed by atoms with Crippen LogP contribution in [-0.2, 0) is 10.9 Å². The summed E-state index contributed by atoms with van der Waals surface area (Å²) in [5.41, 5.74) is -0.779. The monoisotopic (exact) mass is 352 g/mol. The van der Waals surface area contributed by atoms with Gasteiger partial charge in [0.05, 0.1) is 17.4 Å². The van der Waals surface area contributed by atoms with Crippen LogP contribution in [0.5, 0.6) is 0 Å². The standard InChI is InChI=1S/C17H19F3N4O/c1-11-22-15(21-10-12-5-4-8-25-12)9-16(23-11)24-14-7-3-2-6-13(14)17(18,19)20/h2-3,6-7,9,12H,4-5,8,10H2,1H3,(H2,21,22,23,24). The molecule has 0 spiro atoms. The second-order valence-electron chi connectivity index (χ2n) is 5.87. The Kier molecular flexibility index (Phi) is 5.08. The summed E-state index contributed by atoms with van der Waals surface area (Å²) in [6, 6.07) is 6.90. The second kappa shape index (κ2) is 7.26. The van der Waals surface area contributed by atoms with Crippen molar-refractivity contribution in [2.75, 3.05) is 23.8 Å². The molecule has 0 saturated carbocycles. The predicted molar refractivity (Wildman–Crippen MR) is 89.0 cm³/mol. The number of hydrogen-bond acceptors (Lipinski definition) is 5. The van der Waals surface area contributed by atoms with Crippen LogP contribution in [0.1, 0.15) is 24.2 Å². The number of rotatable bonds is 5. The maximum absolute atomic E-state index is 13.1. The van der Waals surface area contributed by atoms with E-state index in [1.807, 2.05) is 0 Å². The van der Waals surface area contributed by atoms with Crippen molar-refractivity contribution >= 4 is 17.3 Å². The smallest absolute Gasteiger partial charge is 0.376 e. The molecule has 2 heterocycles. The Morgan fingerprint density at radius 1 is 1.20 bits per heavy atom. The molecular weight excluding hydrogens is 333 g/mol. The zero-order valence-corrected chi connectivity index (χ0v) is 13.7. The van der Waals surface area contributed by atoms with Gasteiger partial charge in [0.15, 0.2) is 0 Å². The van der Waals surface area contributed by atoms with Gasteiger partial charge < -0.3 is 15.4 Å². The highest BCUT2D eigenvalue weighted by molar-refractivity contribution is 5.63. The molecule has 1 fully saturated rings. The van der Waals surface area contributed by atoms with Crippen molar-refractivity contribution in [2.24, 2.45) is 0 Å². The van der Waals surface area contributed by atoms with E-state index in [4.69, 9.17) is 4.74 Å². The number of aromatic nitrogens is 2. The molecular formula is C17H19F3N4O. The van der Waals surface area contributed by atoms with Gasteiger partial charge in [0.1, 0.15) is 17.5 Å². The fraction of sp³-hybridized carbons (Fsp3) is 0.412. The molecule has 2 N–H and O–H groups in total. The predicted octanol–water partition coefficient (Wildman–Crippen LogP) is 4.14. The van der Waals surface area contributed by atoms with Crippen LogP contribution >= 0.6 is 0 Å². The van der Waals surface area contributed by atoms with Crippen LogP contribution in [0.2, 0.25) is 0 Å². The maximum atomic E-state index is 13.1. The van der Waals surface area contributed by atoms with Crippen LogP contribution in [0.3, 0.4) is 0 Å². The topological polar surface area (TPSA) is 59.1 Å². The minimum absolute atomic E-state index is 0.0434. The number of alkyl halides is 3. The normalized spacial score (nSPS) is 17.5. The number of aryl methyl sites for hydroxylation is 1. The zero-order chi connectivity index (χ0) is 17.9. The molecule has 3 rings (SSSR count). The number of ether oxygens (including phenoxy) is 1. The first kappa shape index (κ1) is 17.5.